The molecule has 3 nitrogen and oxygen atoms in total. The number of para-hydroxylation sites is 1. The Morgan fingerprint density at radius 2 is 1.82 bits per heavy atom. The van der Waals surface area contributed by atoms with Crippen molar-refractivity contribution in [1.82, 2.24) is 9.13 Å². The fourth-order valence-electron chi connectivity index (χ4n) is 4.26. The van der Waals surface area contributed by atoms with Gasteiger partial charge in [0.25, 0.3) is 0 Å². The zero-order chi connectivity index (χ0) is 19.7. The highest BCUT2D eigenvalue weighted by atomic mass is 32.1. The van der Waals surface area contributed by atoms with Crippen molar-refractivity contribution < 1.29 is 4.79 Å². The van der Waals surface area contributed by atoms with Gasteiger partial charge in [0.1, 0.15) is 4.83 Å². The quantitative estimate of drug-likeness (QED) is 0.239. The Hall–Kier alpha value is -2.33. The Bertz CT molecular complexity index is 1130. The van der Waals surface area contributed by atoms with E-state index in [9.17, 15) is 4.79 Å². The first-order valence-corrected chi connectivity index (χ1v) is 11.2. The number of carbonyl (C=O) groups excluding carboxylic acids is 1. The van der Waals surface area contributed by atoms with Gasteiger partial charge in [-0.1, -0.05) is 44.9 Å². The van der Waals surface area contributed by atoms with Crippen molar-refractivity contribution in [2.24, 2.45) is 0 Å². The van der Waals surface area contributed by atoms with Gasteiger partial charge >= 0.3 is 0 Å². The number of fused-ring (bicyclic) bond motifs is 2. The van der Waals surface area contributed by atoms with E-state index in [4.69, 9.17) is 0 Å². The summed E-state index contributed by atoms with van der Waals surface area (Å²) in [5, 5.41) is 4.36. The minimum Gasteiger partial charge on any atom is -0.344 e. The van der Waals surface area contributed by atoms with Crippen LogP contribution in [-0.2, 0) is 13.1 Å². The van der Waals surface area contributed by atoms with Crippen LogP contribution in [0, 0.1) is 6.92 Å². The van der Waals surface area contributed by atoms with E-state index in [0.717, 1.165) is 48.3 Å². The minimum absolute atomic E-state index is 0.153. The normalized spacial score (nSPS) is 11.7. The van der Waals surface area contributed by atoms with E-state index in [1.54, 1.807) is 11.3 Å². The van der Waals surface area contributed by atoms with E-state index in [0.29, 0.717) is 0 Å². The molecule has 0 radical (unpaired) electrons. The van der Waals surface area contributed by atoms with Crippen molar-refractivity contribution in [1.29, 1.82) is 0 Å². The molecule has 28 heavy (non-hydrogen) atoms. The van der Waals surface area contributed by atoms with Crippen molar-refractivity contribution in [3.63, 3.8) is 0 Å². The molecule has 3 aromatic heterocycles. The van der Waals surface area contributed by atoms with E-state index in [2.05, 4.69) is 65.6 Å². The second-order valence-electron chi connectivity index (χ2n) is 7.53. The molecule has 1 aromatic carbocycles. The first kappa shape index (κ1) is 19.0. The largest absolute Gasteiger partial charge is 0.344 e. The lowest BCUT2D eigenvalue weighted by Gasteiger charge is -2.10. The number of unbranched alkanes of at least 4 members (excludes halogenated alkanes) is 2. The molecule has 0 aliphatic rings. The molecule has 0 atom stereocenters. The summed E-state index contributed by atoms with van der Waals surface area (Å²) >= 11 is 1.72. The van der Waals surface area contributed by atoms with Crippen LogP contribution in [0.4, 0.5) is 0 Å². The van der Waals surface area contributed by atoms with Gasteiger partial charge in [-0.15, -0.1) is 11.3 Å². The topological polar surface area (TPSA) is 26.9 Å². The van der Waals surface area contributed by atoms with Gasteiger partial charge in [-0.25, -0.2) is 0 Å². The average Bonchev–Trinajstić information content (AvgIpc) is 3.35. The standard InChI is InChI=1S/C24H28N2OS/c1-4-6-9-14-25-17(3)22(19-10-7-8-11-20(19)25)23(27)21-16-18-12-15-28-24(18)26(21)13-5-2/h7-8,10-12,15-16H,4-6,9,13-14H2,1-3H3. The highest BCUT2D eigenvalue weighted by molar-refractivity contribution is 7.16. The van der Waals surface area contributed by atoms with Crippen LogP contribution in [-0.4, -0.2) is 14.9 Å². The molecule has 3 heterocycles. The van der Waals surface area contributed by atoms with E-state index < -0.39 is 0 Å². The Balaban J connectivity index is 1.85. The maximum absolute atomic E-state index is 13.8. The summed E-state index contributed by atoms with van der Waals surface area (Å²) < 4.78 is 4.55. The maximum Gasteiger partial charge on any atom is 0.211 e. The first-order chi connectivity index (χ1) is 13.7. The van der Waals surface area contributed by atoms with Crippen molar-refractivity contribution in [3.8, 4) is 0 Å². The Labute approximate surface area is 170 Å². The lowest BCUT2D eigenvalue weighted by molar-refractivity contribution is 0.103. The number of nitrogens with zero attached hydrogens (tertiary/aromatic N) is 2. The number of rotatable bonds is 8. The third-order valence-corrected chi connectivity index (χ3v) is 6.58. The van der Waals surface area contributed by atoms with Gasteiger partial charge in [0.2, 0.25) is 5.78 Å². The summed E-state index contributed by atoms with van der Waals surface area (Å²) in [6, 6.07) is 12.5. The third-order valence-electron chi connectivity index (χ3n) is 5.63. The molecule has 0 unspecified atom stereocenters. The number of aryl methyl sites for hydroxylation is 2. The monoisotopic (exact) mass is 392 g/mol. The zero-order valence-corrected chi connectivity index (χ0v) is 17.8. The van der Waals surface area contributed by atoms with Gasteiger partial charge < -0.3 is 9.13 Å². The van der Waals surface area contributed by atoms with Gasteiger partial charge in [-0.05, 0) is 43.3 Å². The van der Waals surface area contributed by atoms with Gasteiger partial charge in [0, 0.05) is 35.1 Å². The van der Waals surface area contributed by atoms with Crippen LogP contribution < -0.4 is 0 Å². The van der Waals surface area contributed by atoms with Crippen LogP contribution in [0.5, 0.6) is 0 Å². The summed E-state index contributed by atoms with van der Waals surface area (Å²) in [4.78, 5) is 15.0. The average molecular weight is 393 g/mol. The highest BCUT2D eigenvalue weighted by Gasteiger charge is 2.24. The van der Waals surface area contributed by atoms with E-state index >= 15 is 0 Å². The molecule has 4 heteroatoms. The Kier molecular flexibility index (Phi) is 5.40. The van der Waals surface area contributed by atoms with Crippen molar-refractivity contribution in [2.45, 2.75) is 59.5 Å². The van der Waals surface area contributed by atoms with E-state index in [1.807, 2.05) is 6.07 Å². The lowest BCUT2D eigenvalue weighted by atomic mass is 10.0. The SMILES string of the molecule is CCCCCn1c(C)c(C(=O)c2cc3ccsc3n2CCC)c2ccccc21. The van der Waals surface area contributed by atoms with Crippen LogP contribution in [0.15, 0.2) is 41.8 Å². The minimum atomic E-state index is 0.153. The van der Waals surface area contributed by atoms with E-state index in [1.165, 1.54) is 28.6 Å². The van der Waals surface area contributed by atoms with Crippen LogP contribution >= 0.6 is 11.3 Å². The van der Waals surface area contributed by atoms with Gasteiger partial charge in [0.05, 0.1) is 11.3 Å². The second-order valence-corrected chi connectivity index (χ2v) is 8.42. The number of hydrogen-bond acceptors (Lipinski definition) is 2. The maximum atomic E-state index is 13.8. The Morgan fingerprint density at radius 3 is 2.61 bits per heavy atom. The predicted molar refractivity (Wildman–Crippen MR) is 120 cm³/mol. The summed E-state index contributed by atoms with van der Waals surface area (Å²) in [6.45, 7) is 8.34. The molecule has 0 spiro atoms. The molecule has 0 bridgehead atoms. The number of ketones is 1. The van der Waals surface area contributed by atoms with E-state index in [-0.39, 0.29) is 5.78 Å². The predicted octanol–water partition coefficient (Wildman–Crippen LogP) is 6.80. The lowest BCUT2D eigenvalue weighted by Crippen LogP contribution is -2.11. The molecule has 0 fully saturated rings. The van der Waals surface area contributed by atoms with Crippen LogP contribution in [0.3, 0.4) is 0 Å². The van der Waals surface area contributed by atoms with Crippen molar-refractivity contribution in [2.75, 3.05) is 0 Å². The number of hydrogen-bond donors (Lipinski definition) is 0. The molecular formula is C24H28N2OS. The number of thiophene rings is 1. The van der Waals surface area contributed by atoms with Gasteiger partial charge in [-0.2, -0.15) is 0 Å². The highest BCUT2D eigenvalue weighted by Crippen LogP contribution is 2.32. The molecular weight excluding hydrogens is 364 g/mol. The van der Waals surface area contributed by atoms with Crippen LogP contribution in [0.1, 0.15) is 61.3 Å². The van der Waals surface area contributed by atoms with Crippen molar-refractivity contribution >= 4 is 38.2 Å². The summed E-state index contributed by atoms with van der Waals surface area (Å²) in [6.07, 6.45) is 4.57. The van der Waals surface area contributed by atoms with Crippen molar-refractivity contribution in [3.05, 3.63) is 58.7 Å². The first-order valence-electron chi connectivity index (χ1n) is 10.4. The molecule has 0 saturated carbocycles. The summed E-state index contributed by atoms with van der Waals surface area (Å²) in [5.41, 5.74) is 3.96. The van der Waals surface area contributed by atoms with Gasteiger partial charge in [0.15, 0.2) is 0 Å². The third kappa shape index (κ3) is 3.10. The zero-order valence-electron chi connectivity index (χ0n) is 17.0. The fourth-order valence-corrected chi connectivity index (χ4v) is 5.19. The molecule has 4 aromatic rings. The number of aromatic nitrogens is 2. The fraction of sp³-hybridized carbons (Fsp3) is 0.375. The smallest absolute Gasteiger partial charge is 0.211 e. The molecule has 0 amide bonds. The summed E-state index contributed by atoms with van der Waals surface area (Å²) in [5.74, 6) is 0.153. The summed E-state index contributed by atoms with van der Waals surface area (Å²) in [7, 11) is 0. The molecule has 0 saturated heterocycles. The second kappa shape index (κ2) is 7.96. The number of carbonyl (C=O) groups is 1. The van der Waals surface area contributed by atoms with Crippen LogP contribution in [0.2, 0.25) is 0 Å². The molecule has 4 rings (SSSR count). The molecule has 0 aliphatic carbocycles. The Morgan fingerprint density at radius 1 is 1.00 bits per heavy atom. The molecule has 0 aliphatic heterocycles. The van der Waals surface area contributed by atoms with Gasteiger partial charge in [-0.3, -0.25) is 4.79 Å². The molecule has 146 valence electrons. The van der Waals surface area contributed by atoms with Crippen LogP contribution in [0.25, 0.3) is 21.1 Å². The molecule has 0 N–H and O–H groups in total. The number of benzene rings is 1.